The summed E-state index contributed by atoms with van der Waals surface area (Å²) in [6.07, 6.45) is 5.76. The van der Waals surface area contributed by atoms with Gasteiger partial charge in [-0.05, 0) is 6.42 Å². The highest BCUT2D eigenvalue weighted by Gasteiger charge is 2.11. The standard InChI is InChI=1S/C12H20ClN3O2/c1-3-4-5-6-7-8-18-15-12(17)10-9-11(13)14-16(10)2/h9H,3-8H2,1-2H3,(H,15,17). The maximum absolute atomic E-state index is 11.7. The molecule has 1 aromatic heterocycles. The molecule has 0 aliphatic carbocycles. The van der Waals surface area contributed by atoms with Gasteiger partial charge in [-0.3, -0.25) is 14.3 Å². The summed E-state index contributed by atoms with van der Waals surface area (Å²) in [5.41, 5.74) is 2.77. The van der Waals surface area contributed by atoms with Gasteiger partial charge in [0.25, 0.3) is 5.91 Å². The Bertz CT molecular complexity index is 379. The molecule has 0 aliphatic rings. The second-order valence-corrected chi connectivity index (χ2v) is 4.56. The fourth-order valence-electron chi connectivity index (χ4n) is 1.59. The lowest BCUT2D eigenvalue weighted by Crippen LogP contribution is -2.26. The highest BCUT2D eigenvalue weighted by molar-refractivity contribution is 6.29. The topological polar surface area (TPSA) is 56.1 Å². The van der Waals surface area contributed by atoms with Gasteiger partial charge in [-0.2, -0.15) is 5.10 Å². The first-order chi connectivity index (χ1) is 8.65. The highest BCUT2D eigenvalue weighted by atomic mass is 35.5. The van der Waals surface area contributed by atoms with Gasteiger partial charge in [-0.15, -0.1) is 0 Å². The Hall–Kier alpha value is -1.07. The Morgan fingerprint density at radius 1 is 1.44 bits per heavy atom. The van der Waals surface area contributed by atoms with Crippen molar-refractivity contribution in [3.8, 4) is 0 Å². The summed E-state index contributed by atoms with van der Waals surface area (Å²) >= 11 is 5.69. The summed E-state index contributed by atoms with van der Waals surface area (Å²) in [5.74, 6) is -0.328. The number of aryl methyl sites for hydroxylation is 1. The summed E-state index contributed by atoms with van der Waals surface area (Å²) in [6.45, 7) is 2.71. The van der Waals surface area contributed by atoms with Crippen molar-refractivity contribution in [2.24, 2.45) is 7.05 Å². The zero-order valence-electron chi connectivity index (χ0n) is 10.9. The molecule has 0 radical (unpaired) electrons. The van der Waals surface area contributed by atoms with Gasteiger partial charge < -0.3 is 0 Å². The van der Waals surface area contributed by atoms with Crippen molar-refractivity contribution >= 4 is 17.5 Å². The average Bonchev–Trinajstić information content (AvgIpc) is 2.67. The lowest BCUT2D eigenvalue weighted by atomic mass is 10.2. The molecule has 0 aliphatic heterocycles. The van der Waals surface area contributed by atoms with E-state index in [0.29, 0.717) is 17.5 Å². The number of aromatic nitrogens is 2. The normalized spacial score (nSPS) is 10.6. The molecule has 1 rings (SSSR count). The van der Waals surface area contributed by atoms with Crippen LogP contribution in [0.25, 0.3) is 0 Å². The number of hydrogen-bond donors (Lipinski definition) is 1. The Labute approximate surface area is 112 Å². The van der Waals surface area contributed by atoms with Gasteiger partial charge in [-0.25, -0.2) is 5.48 Å². The molecule has 0 bridgehead atoms. The van der Waals surface area contributed by atoms with Crippen LogP contribution >= 0.6 is 11.6 Å². The summed E-state index contributed by atoms with van der Waals surface area (Å²) in [5, 5.41) is 4.17. The molecule has 0 spiro atoms. The van der Waals surface area contributed by atoms with Crippen molar-refractivity contribution < 1.29 is 9.63 Å². The van der Waals surface area contributed by atoms with E-state index in [4.69, 9.17) is 16.4 Å². The average molecular weight is 274 g/mol. The highest BCUT2D eigenvalue weighted by Crippen LogP contribution is 2.08. The number of carbonyl (C=O) groups excluding carboxylic acids is 1. The van der Waals surface area contributed by atoms with E-state index >= 15 is 0 Å². The molecule has 1 amide bonds. The summed E-state index contributed by atoms with van der Waals surface area (Å²) in [7, 11) is 1.66. The number of rotatable bonds is 8. The molecule has 0 unspecified atom stereocenters. The van der Waals surface area contributed by atoms with Crippen LogP contribution in [0, 0.1) is 0 Å². The van der Waals surface area contributed by atoms with Crippen LogP contribution in [-0.2, 0) is 11.9 Å². The molecule has 1 heterocycles. The molecule has 102 valence electrons. The van der Waals surface area contributed by atoms with Crippen molar-refractivity contribution in [2.45, 2.75) is 39.0 Å². The molecule has 6 heteroatoms. The molecule has 0 saturated carbocycles. The van der Waals surface area contributed by atoms with Crippen molar-refractivity contribution in [3.63, 3.8) is 0 Å². The zero-order chi connectivity index (χ0) is 13.4. The predicted molar refractivity (Wildman–Crippen MR) is 70.4 cm³/mol. The number of unbranched alkanes of at least 4 members (excludes halogenated alkanes) is 4. The first-order valence-electron chi connectivity index (χ1n) is 6.26. The third-order valence-corrected chi connectivity index (χ3v) is 2.78. The van der Waals surface area contributed by atoms with Gasteiger partial charge in [0.2, 0.25) is 0 Å². The number of carbonyl (C=O) groups is 1. The SMILES string of the molecule is CCCCCCCONC(=O)c1cc(Cl)nn1C. The first kappa shape index (κ1) is 15.0. The summed E-state index contributed by atoms with van der Waals surface area (Å²) in [6, 6.07) is 1.50. The quantitative estimate of drug-likeness (QED) is 0.585. The number of hydroxylamine groups is 1. The molecular weight excluding hydrogens is 254 g/mol. The van der Waals surface area contributed by atoms with E-state index in [9.17, 15) is 4.79 Å². The first-order valence-corrected chi connectivity index (χ1v) is 6.64. The Kier molecular flexibility index (Phi) is 6.75. The number of nitrogens with zero attached hydrogens (tertiary/aromatic N) is 2. The van der Waals surface area contributed by atoms with Gasteiger partial charge in [0.05, 0.1) is 6.61 Å². The van der Waals surface area contributed by atoms with Crippen molar-refractivity contribution in [1.82, 2.24) is 15.3 Å². The van der Waals surface area contributed by atoms with Crippen LogP contribution in [0.15, 0.2) is 6.07 Å². The molecule has 18 heavy (non-hydrogen) atoms. The summed E-state index contributed by atoms with van der Waals surface area (Å²) < 4.78 is 1.42. The van der Waals surface area contributed by atoms with E-state index in [-0.39, 0.29) is 5.91 Å². The van der Waals surface area contributed by atoms with E-state index in [1.807, 2.05) is 0 Å². The van der Waals surface area contributed by atoms with Crippen LogP contribution in [0.2, 0.25) is 5.15 Å². The Balaban J connectivity index is 2.16. The minimum absolute atomic E-state index is 0.294. The van der Waals surface area contributed by atoms with E-state index in [1.165, 1.54) is 30.0 Å². The summed E-state index contributed by atoms with van der Waals surface area (Å²) in [4.78, 5) is 16.8. The number of amides is 1. The second kappa shape index (κ2) is 8.11. The molecule has 0 atom stereocenters. The zero-order valence-corrected chi connectivity index (χ0v) is 11.7. The van der Waals surface area contributed by atoms with Crippen LogP contribution in [0.4, 0.5) is 0 Å². The van der Waals surface area contributed by atoms with E-state index in [2.05, 4.69) is 17.5 Å². The maximum Gasteiger partial charge on any atom is 0.293 e. The number of nitrogens with one attached hydrogen (secondary N) is 1. The third-order valence-electron chi connectivity index (χ3n) is 2.60. The number of halogens is 1. The molecule has 1 aromatic rings. The van der Waals surface area contributed by atoms with Gasteiger partial charge in [0, 0.05) is 13.1 Å². The largest absolute Gasteiger partial charge is 0.293 e. The maximum atomic E-state index is 11.7. The van der Waals surface area contributed by atoms with Gasteiger partial charge >= 0.3 is 0 Å². The minimum atomic E-state index is -0.328. The van der Waals surface area contributed by atoms with Crippen LogP contribution in [0.5, 0.6) is 0 Å². The second-order valence-electron chi connectivity index (χ2n) is 4.17. The third kappa shape index (κ3) is 5.06. The van der Waals surface area contributed by atoms with Crippen molar-refractivity contribution in [1.29, 1.82) is 0 Å². The van der Waals surface area contributed by atoms with Crippen LogP contribution < -0.4 is 5.48 Å². The fraction of sp³-hybridized carbons (Fsp3) is 0.667. The lowest BCUT2D eigenvalue weighted by Gasteiger charge is -2.05. The molecule has 1 N–H and O–H groups in total. The molecule has 0 fully saturated rings. The van der Waals surface area contributed by atoms with Crippen LogP contribution in [-0.4, -0.2) is 22.3 Å². The van der Waals surface area contributed by atoms with E-state index in [1.54, 1.807) is 7.05 Å². The van der Waals surface area contributed by atoms with Crippen molar-refractivity contribution in [3.05, 3.63) is 16.9 Å². The van der Waals surface area contributed by atoms with Gasteiger partial charge in [-0.1, -0.05) is 44.2 Å². The van der Waals surface area contributed by atoms with Crippen LogP contribution in [0.1, 0.15) is 49.5 Å². The van der Waals surface area contributed by atoms with Gasteiger partial charge in [0.1, 0.15) is 5.69 Å². The molecule has 5 nitrogen and oxygen atoms in total. The van der Waals surface area contributed by atoms with E-state index in [0.717, 1.165) is 12.8 Å². The molecular formula is C12H20ClN3O2. The molecule has 0 aromatic carbocycles. The lowest BCUT2D eigenvalue weighted by molar-refractivity contribution is 0.0289. The predicted octanol–water partition coefficient (Wildman–Crippen LogP) is 2.71. The van der Waals surface area contributed by atoms with Crippen LogP contribution in [0.3, 0.4) is 0 Å². The number of hydrogen-bond acceptors (Lipinski definition) is 3. The Morgan fingerprint density at radius 2 is 2.17 bits per heavy atom. The molecule has 0 saturated heterocycles. The minimum Gasteiger partial charge on any atom is -0.273 e. The monoisotopic (exact) mass is 273 g/mol. The van der Waals surface area contributed by atoms with Gasteiger partial charge in [0.15, 0.2) is 5.15 Å². The Morgan fingerprint density at radius 3 is 2.78 bits per heavy atom. The smallest absolute Gasteiger partial charge is 0.273 e. The fourth-order valence-corrected chi connectivity index (χ4v) is 1.81. The van der Waals surface area contributed by atoms with Crippen molar-refractivity contribution in [2.75, 3.05) is 6.61 Å². The van der Waals surface area contributed by atoms with E-state index < -0.39 is 0 Å².